The summed E-state index contributed by atoms with van der Waals surface area (Å²) in [6.07, 6.45) is 9.10. The van der Waals surface area contributed by atoms with E-state index in [-0.39, 0.29) is 11.3 Å². The van der Waals surface area contributed by atoms with Crippen molar-refractivity contribution in [3.05, 3.63) is 29.3 Å². The van der Waals surface area contributed by atoms with E-state index in [0.717, 1.165) is 38.7 Å². The fourth-order valence-electron chi connectivity index (χ4n) is 3.18. The largest absolute Gasteiger partial charge is 0.490 e. The third-order valence-electron chi connectivity index (χ3n) is 4.79. The van der Waals surface area contributed by atoms with Gasteiger partial charge in [-0.15, -0.1) is 0 Å². The zero-order chi connectivity index (χ0) is 18.1. The molecule has 2 rings (SSSR count). The minimum Gasteiger partial charge on any atom is -0.490 e. The molecule has 0 atom stereocenters. The number of benzene rings is 1. The van der Waals surface area contributed by atoms with Crippen LogP contribution in [0.5, 0.6) is 5.75 Å². The molecule has 0 bridgehead atoms. The van der Waals surface area contributed by atoms with Gasteiger partial charge in [0.25, 0.3) is 0 Å². The molecule has 0 heterocycles. The van der Waals surface area contributed by atoms with E-state index >= 15 is 0 Å². The Bertz CT molecular complexity index is 578. The van der Waals surface area contributed by atoms with Crippen LogP contribution >= 0.6 is 0 Å². The zero-order valence-electron chi connectivity index (χ0n) is 14.9. The zero-order valence-corrected chi connectivity index (χ0v) is 14.9. The molecule has 5 heteroatoms. The van der Waals surface area contributed by atoms with Gasteiger partial charge in [0.05, 0.1) is 18.3 Å². The van der Waals surface area contributed by atoms with E-state index in [2.05, 4.69) is 6.92 Å². The van der Waals surface area contributed by atoms with Crippen LogP contribution < -0.4 is 4.74 Å². The van der Waals surface area contributed by atoms with Crippen LogP contribution in [0.2, 0.25) is 0 Å². The minimum absolute atomic E-state index is 0.120. The number of nitrogens with zero attached hydrogens (tertiary/aromatic N) is 1. The van der Waals surface area contributed by atoms with Crippen molar-refractivity contribution in [2.45, 2.75) is 64.4 Å². The molecule has 1 fully saturated rings. The van der Waals surface area contributed by atoms with Crippen LogP contribution in [0.15, 0.2) is 12.1 Å². The lowest BCUT2D eigenvalue weighted by molar-refractivity contribution is 0.0109. The van der Waals surface area contributed by atoms with E-state index < -0.39 is 11.6 Å². The molecule has 1 aromatic rings. The van der Waals surface area contributed by atoms with Gasteiger partial charge in [-0.2, -0.15) is 9.65 Å². The van der Waals surface area contributed by atoms with Crippen LogP contribution in [0.25, 0.3) is 0 Å². The van der Waals surface area contributed by atoms with Crippen LogP contribution in [0.1, 0.15) is 63.9 Å². The number of nitriles is 1. The van der Waals surface area contributed by atoms with Crippen LogP contribution in [-0.4, -0.2) is 19.3 Å². The number of hydrogen-bond donors (Lipinski definition) is 0. The van der Waals surface area contributed by atoms with Crippen molar-refractivity contribution in [2.75, 3.05) is 13.2 Å². The average molecular weight is 351 g/mol. The number of hydrogen-bond acceptors (Lipinski definition) is 3. The molecule has 25 heavy (non-hydrogen) atoms. The SMILES string of the molecule is CCCCCCOC1CCC(COc2ccc(C#N)c(F)c2F)CC1. The van der Waals surface area contributed by atoms with E-state index in [1.54, 1.807) is 6.07 Å². The first-order chi connectivity index (χ1) is 12.2. The monoisotopic (exact) mass is 351 g/mol. The van der Waals surface area contributed by atoms with Crippen LogP contribution in [0.4, 0.5) is 8.78 Å². The van der Waals surface area contributed by atoms with Crippen molar-refractivity contribution in [3.8, 4) is 11.8 Å². The maximum atomic E-state index is 13.8. The molecule has 0 aliphatic heterocycles. The van der Waals surface area contributed by atoms with Gasteiger partial charge < -0.3 is 9.47 Å². The summed E-state index contributed by atoms with van der Waals surface area (Å²) < 4.78 is 38.8. The lowest BCUT2D eigenvalue weighted by atomic mass is 9.88. The Balaban J connectivity index is 1.69. The molecule has 1 aliphatic carbocycles. The molecule has 0 saturated heterocycles. The Hall–Kier alpha value is -1.67. The molecule has 3 nitrogen and oxygen atoms in total. The van der Waals surface area contributed by atoms with Gasteiger partial charge in [0, 0.05) is 6.61 Å². The Labute approximate surface area is 148 Å². The van der Waals surface area contributed by atoms with Crippen molar-refractivity contribution in [1.82, 2.24) is 0 Å². The Morgan fingerprint density at radius 1 is 1.08 bits per heavy atom. The second-order valence-electron chi connectivity index (χ2n) is 6.74. The van der Waals surface area contributed by atoms with E-state index in [9.17, 15) is 8.78 Å². The number of rotatable bonds is 9. The van der Waals surface area contributed by atoms with Gasteiger partial charge in [0.15, 0.2) is 11.6 Å². The Morgan fingerprint density at radius 2 is 1.84 bits per heavy atom. The summed E-state index contributed by atoms with van der Waals surface area (Å²) >= 11 is 0. The second kappa shape index (κ2) is 10.4. The van der Waals surface area contributed by atoms with Gasteiger partial charge in [0.2, 0.25) is 5.82 Å². The fraction of sp³-hybridized carbons (Fsp3) is 0.650. The molecule has 0 spiro atoms. The summed E-state index contributed by atoms with van der Waals surface area (Å²) in [5.74, 6) is -2.01. The van der Waals surface area contributed by atoms with E-state index in [1.807, 2.05) is 0 Å². The Kier molecular flexibility index (Phi) is 8.14. The minimum atomic E-state index is -1.14. The van der Waals surface area contributed by atoms with Gasteiger partial charge in [0.1, 0.15) is 6.07 Å². The molecule has 0 amide bonds. The van der Waals surface area contributed by atoms with Gasteiger partial charge in [-0.1, -0.05) is 26.2 Å². The molecule has 0 aromatic heterocycles. The summed E-state index contributed by atoms with van der Waals surface area (Å²) in [5.41, 5.74) is -0.304. The highest BCUT2D eigenvalue weighted by atomic mass is 19.2. The van der Waals surface area contributed by atoms with Crippen LogP contribution in [0.3, 0.4) is 0 Å². The molecule has 0 N–H and O–H groups in total. The van der Waals surface area contributed by atoms with Crippen molar-refractivity contribution in [1.29, 1.82) is 5.26 Å². The summed E-state index contributed by atoms with van der Waals surface area (Å²) in [5, 5.41) is 8.69. The highest BCUT2D eigenvalue weighted by Gasteiger charge is 2.23. The molecule has 138 valence electrons. The summed E-state index contributed by atoms with van der Waals surface area (Å²) in [4.78, 5) is 0. The lowest BCUT2D eigenvalue weighted by Crippen LogP contribution is -2.25. The Morgan fingerprint density at radius 3 is 2.52 bits per heavy atom. The normalized spacial score (nSPS) is 20.2. The van der Waals surface area contributed by atoms with Gasteiger partial charge in [-0.3, -0.25) is 0 Å². The lowest BCUT2D eigenvalue weighted by Gasteiger charge is -2.28. The first-order valence-electron chi connectivity index (χ1n) is 9.28. The predicted octanol–water partition coefficient (Wildman–Crippen LogP) is 5.37. The summed E-state index contributed by atoms with van der Waals surface area (Å²) in [6, 6.07) is 4.19. The molecular weight excluding hydrogens is 324 g/mol. The van der Waals surface area contributed by atoms with Crippen molar-refractivity contribution >= 4 is 0 Å². The standard InChI is InChI=1S/C20H27F2NO2/c1-2-3-4-5-12-24-17-9-6-15(7-10-17)14-25-18-11-8-16(13-23)19(21)20(18)22/h8,11,15,17H,2-7,9-10,12,14H2,1H3. The maximum absolute atomic E-state index is 13.8. The van der Waals surface area contributed by atoms with Crippen molar-refractivity contribution < 1.29 is 18.3 Å². The van der Waals surface area contributed by atoms with Crippen molar-refractivity contribution in [2.24, 2.45) is 5.92 Å². The van der Waals surface area contributed by atoms with Gasteiger partial charge >= 0.3 is 0 Å². The average Bonchev–Trinajstić information content (AvgIpc) is 2.64. The summed E-state index contributed by atoms with van der Waals surface area (Å²) in [7, 11) is 0. The molecule has 0 unspecified atom stereocenters. The highest BCUT2D eigenvalue weighted by Crippen LogP contribution is 2.28. The van der Waals surface area contributed by atoms with E-state index in [4.69, 9.17) is 14.7 Å². The molecule has 1 saturated carbocycles. The third kappa shape index (κ3) is 5.97. The van der Waals surface area contributed by atoms with Crippen LogP contribution in [0, 0.1) is 28.9 Å². The number of halogens is 2. The van der Waals surface area contributed by atoms with Crippen LogP contribution in [-0.2, 0) is 4.74 Å². The first-order valence-corrected chi connectivity index (χ1v) is 9.28. The molecular formula is C20H27F2NO2. The van der Waals surface area contributed by atoms with Gasteiger partial charge in [-0.05, 0) is 50.2 Å². The molecule has 0 radical (unpaired) electrons. The van der Waals surface area contributed by atoms with Gasteiger partial charge in [-0.25, -0.2) is 4.39 Å². The fourth-order valence-corrected chi connectivity index (χ4v) is 3.18. The molecule has 1 aliphatic rings. The summed E-state index contributed by atoms with van der Waals surface area (Å²) in [6.45, 7) is 3.40. The smallest absolute Gasteiger partial charge is 0.201 e. The quantitative estimate of drug-likeness (QED) is 0.562. The van der Waals surface area contributed by atoms with E-state index in [0.29, 0.717) is 18.6 Å². The number of unbranched alkanes of at least 4 members (excludes halogenated alkanes) is 3. The third-order valence-corrected chi connectivity index (χ3v) is 4.79. The van der Waals surface area contributed by atoms with E-state index in [1.165, 1.54) is 31.4 Å². The maximum Gasteiger partial charge on any atom is 0.201 e. The first kappa shape index (κ1) is 19.7. The second-order valence-corrected chi connectivity index (χ2v) is 6.74. The molecule has 1 aromatic carbocycles. The highest BCUT2D eigenvalue weighted by molar-refractivity contribution is 5.37. The van der Waals surface area contributed by atoms with Crippen molar-refractivity contribution in [3.63, 3.8) is 0 Å². The topological polar surface area (TPSA) is 42.2 Å². The predicted molar refractivity (Wildman–Crippen MR) is 92.4 cm³/mol. The number of ether oxygens (including phenoxy) is 2.